The minimum atomic E-state index is -1.78. The van der Waals surface area contributed by atoms with E-state index in [4.69, 9.17) is 9.16 Å². The molecule has 1 heterocycles. The van der Waals surface area contributed by atoms with Gasteiger partial charge in [-0.2, -0.15) is 0 Å². The molecule has 0 N–H and O–H groups in total. The minimum Gasteiger partial charge on any atom is -0.462 e. The fourth-order valence-corrected chi connectivity index (χ4v) is 3.84. The van der Waals surface area contributed by atoms with Crippen LogP contribution in [0.1, 0.15) is 66.7 Å². The number of rotatable bonds is 8. The van der Waals surface area contributed by atoms with E-state index in [1.807, 2.05) is 6.92 Å². The van der Waals surface area contributed by atoms with Crippen molar-refractivity contribution in [1.29, 1.82) is 0 Å². The summed E-state index contributed by atoms with van der Waals surface area (Å²) in [4.78, 5) is 11.4. The summed E-state index contributed by atoms with van der Waals surface area (Å²) < 4.78 is 11.8. The minimum absolute atomic E-state index is 0.0112. The number of cyclic esters (lactones) is 1. The Morgan fingerprint density at radius 3 is 2.48 bits per heavy atom. The summed E-state index contributed by atoms with van der Waals surface area (Å²) in [7, 11) is -1.78. The normalized spacial score (nSPS) is 24.2. The van der Waals surface area contributed by atoms with E-state index in [1.54, 1.807) is 0 Å². The van der Waals surface area contributed by atoms with Gasteiger partial charge in [0.25, 0.3) is 0 Å². The number of hydrogen-bond acceptors (Lipinski definition) is 3. The van der Waals surface area contributed by atoms with Crippen molar-refractivity contribution in [2.24, 2.45) is 5.92 Å². The van der Waals surface area contributed by atoms with Crippen molar-refractivity contribution in [3.63, 3.8) is 0 Å². The molecule has 134 valence electrons. The third-order valence-corrected chi connectivity index (χ3v) is 9.74. The first-order chi connectivity index (χ1) is 10.6. The van der Waals surface area contributed by atoms with Gasteiger partial charge in [0.05, 0.1) is 12.5 Å². The largest absolute Gasteiger partial charge is 0.462 e. The van der Waals surface area contributed by atoms with Crippen LogP contribution in [-0.2, 0) is 14.0 Å². The molecule has 1 aliphatic rings. The van der Waals surface area contributed by atoms with Crippen molar-refractivity contribution in [1.82, 2.24) is 0 Å². The summed E-state index contributed by atoms with van der Waals surface area (Å²) in [5, 5.41) is 0.212. The van der Waals surface area contributed by atoms with E-state index in [1.165, 1.54) is 19.3 Å². The van der Waals surface area contributed by atoms with Gasteiger partial charge in [-0.3, -0.25) is 4.79 Å². The first-order valence-electron chi connectivity index (χ1n) is 9.12. The third kappa shape index (κ3) is 6.42. The Bertz CT molecular complexity index is 409. The van der Waals surface area contributed by atoms with E-state index < -0.39 is 8.32 Å². The molecule has 1 rings (SSSR count). The number of hydrogen-bond donors (Lipinski definition) is 0. The molecular formula is C19H36O3Si. The molecule has 23 heavy (non-hydrogen) atoms. The van der Waals surface area contributed by atoms with Gasteiger partial charge in [-0.05, 0) is 31.5 Å². The van der Waals surface area contributed by atoms with E-state index in [9.17, 15) is 4.79 Å². The van der Waals surface area contributed by atoms with Gasteiger partial charge in [0.1, 0.15) is 6.10 Å². The van der Waals surface area contributed by atoms with Gasteiger partial charge in [-0.15, -0.1) is 0 Å². The summed E-state index contributed by atoms with van der Waals surface area (Å²) in [6.45, 7) is 15.6. The van der Waals surface area contributed by atoms with Crippen LogP contribution in [0.5, 0.6) is 0 Å². The summed E-state index contributed by atoms with van der Waals surface area (Å²) in [5.74, 6) is 0.110. The van der Waals surface area contributed by atoms with Gasteiger partial charge in [-0.1, -0.05) is 59.1 Å². The van der Waals surface area contributed by atoms with Crippen molar-refractivity contribution in [2.75, 3.05) is 0 Å². The lowest BCUT2D eigenvalue weighted by Gasteiger charge is -2.38. The Hall–Kier alpha value is -0.613. The lowest BCUT2D eigenvalue weighted by molar-refractivity contribution is -0.140. The van der Waals surface area contributed by atoms with Crippen LogP contribution >= 0.6 is 0 Å². The maximum absolute atomic E-state index is 11.4. The average molecular weight is 341 g/mol. The van der Waals surface area contributed by atoms with Crippen LogP contribution in [0.4, 0.5) is 0 Å². The van der Waals surface area contributed by atoms with Crippen molar-refractivity contribution in [2.45, 2.75) is 97.1 Å². The van der Waals surface area contributed by atoms with Crippen LogP contribution < -0.4 is 0 Å². The van der Waals surface area contributed by atoms with Crippen molar-refractivity contribution < 1.29 is 14.0 Å². The maximum Gasteiger partial charge on any atom is 0.306 e. The van der Waals surface area contributed by atoms with Gasteiger partial charge >= 0.3 is 5.97 Å². The quantitative estimate of drug-likeness (QED) is 0.254. The first-order valence-corrected chi connectivity index (χ1v) is 12.0. The van der Waals surface area contributed by atoms with Crippen molar-refractivity contribution >= 4 is 14.3 Å². The molecule has 0 amide bonds. The van der Waals surface area contributed by atoms with Gasteiger partial charge in [-0.25, -0.2) is 0 Å². The van der Waals surface area contributed by atoms with Crippen molar-refractivity contribution in [3.8, 4) is 0 Å². The molecule has 4 heteroatoms. The molecule has 3 unspecified atom stereocenters. The van der Waals surface area contributed by atoms with Crippen LogP contribution in [0.3, 0.4) is 0 Å². The lowest BCUT2D eigenvalue weighted by atomic mass is 10.0. The Labute approximate surface area is 144 Å². The molecule has 0 radical (unpaired) electrons. The van der Waals surface area contributed by atoms with Gasteiger partial charge in [0, 0.05) is 5.92 Å². The zero-order chi connectivity index (χ0) is 17.7. The molecule has 0 aromatic heterocycles. The highest BCUT2D eigenvalue weighted by Gasteiger charge is 2.38. The van der Waals surface area contributed by atoms with E-state index in [0.717, 1.165) is 6.42 Å². The highest BCUT2D eigenvalue weighted by atomic mass is 28.4. The number of unbranched alkanes of at least 4 members (excludes halogenated alkanes) is 2. The predicted octanol–water partition coefficient (Wildman–Crippen LogP) is 5.46. The predicted molar refractivity (Wildman–Crippen MR) is 99.0 cm³/mol. The second kappa shape index (κ2) is 8.47. The van der Waals surface area contributed by atoms with Gasteiger partial charge in [0.15, 0.2) is 8.32 Å². The average Bonchev–Trinajstić information content (AvgIpc) is 2.72. The topological polar surface area (TPSA) is 35.5 Å². The standard InChI is InChI=1S/C19H36O3Si/c1-8-9-10-11-17(22-23(6,7)19(3,4)5)13-12-16-14-18(20)21-15(16)2/h12-13,15-17H,8-11,14H2,1-7H3. The number of ether oxygens (including phenoxy) is 1. The Kier molecular flexibility index (Phi) is 7.53. The highest BCUT2D eigenvalue weighted by Crippen LogP contribution is 2.38. The summed E-state index contributed by atoms with van der Waals surface area (Å²) >= 11 is 0. The van der Waals surface area contributed by atoms with Crippen LogP contribution in [-0.4, -0.2) is 26.5 Å². The Morgan fingerprint density at radius 1 is 1.35 bits per heavy atom. The first kappa shape index (κ1) is 20.4. The number of esters is 1. The Morgan fingerprint density at radius 2 is 2.00 bits per heavy atom. The lowest BCUT2D eigenvalue weighted by Crippen LogP contribution is -2.43. The molecule has 0 aromatic rings. The fraction of sp³-hybridized carbons (Fsp3) is 0.842. The van der Waals surface area contributed by atoms with Crippen LogP contribution in [0.15, 0.2) is 12.2 Å². The molecule has 0 aromatic carbocycles. The van der Waals surface area contributed by atoms with E-state index >= 15 is 0 Å². The molecule has 1 saturated heterocycles. The molecule has 3 atom stereocenters. The van der Waals surface area contributed by atoms with Crippen LogP contribution in [0.25, 0.3) is 0 Å². The van der Waals surface area contributed by atoms with E-state index in [-0.39, 0.29) is 29.1 Å². The summed E-state index contributed by atoms with van der Waals surface area (Å²) in [6.07, 6.45) is 9.71. The molecule has 3 nitrogen and oxygen atoms in total. The maximum atomic E-state index is 11.4. The molecule has 0 aliphatic carbocycles. The highest BCUT2D eigenvalue weighted by molar-refractivity contribution is 6.74. The van der Waals surface area contributed by atoms with Gasteiger partial charge in [0.2, 0.25) is 0 Å². The molecular weight excluding hydrogens is 304 g/mol. The van der Waals surface area contributed by atoms with Crippen molar-refractivity contribution in [3.05, 3.63) is 12.2 Å². The molecule has 1 aliphatic heterocycles. The second-order valence-electron chi connectivity index (χ2n) is 8.36. The fourth-order valence-electron chi connectivity index (χ4n) is 2.54. The van der Waals surface area contributed by atoms with E-state index in [0.29, 0.717) is 6.42 Å². The van der Waals surface area contributed by atoms with Crippen LogP contribution in [0, 0.1) is 5.92 Å². The SMILES string of the molecule is CCCCCC(C=CC1CC(=O)OC1C)O[Si](C)(C)C(C)(C)C. The number of carbonyl (C=O) groups excluding carboxylic acids is 1. The molecule has 1 fully saturated rings. The molecule has 0 spiro atoms. The zero-order valence-electron chi connectivity index (χ0n) is 16.1. The summed E-state index contributed by atoms with van der Waals surface area (Å²) in [5.41, 5.74) is 0. The van der Waals surface area contributed by atoms with Gasteiger partial charge < -0.3 is 9.16 Å². The monoisotopic (exact) mass is 340 g/mol. The van der Waals surface area contributed by atoms with Crippen LogP contribution in [0.2, 0.25) is 18.1 Å². The smallest absolute Gasteiger partial charge is 0.306 e. The summed E-state index contributed by atoms with van der Waals surface area (Å²) in [6, 6.07) is 0. The Balaban J connectivity index is 2.74. The number of carbonyl (C=O) groups is 1. The second-order valence-corrected chi connectivity index (χ2v) is 13.1. The molecule has 0 saturated carbocycles. The van der Waals surface area contributed by atoms with E-state index in [2.05, 4.69) is 52.9 Å². The molecule has 0 bridgehead atoms. The zero-order valence-corrected chi connectivity index (χ0v) is 17.1. The third-order valence-electron chi connectivity index (χ3n) is 5.24.